The number of carbonyl (C=O) groups is 1. The third-order valence-electron chi connectivity index (χ3n) is 5.29. The molecular formula is C25H19F3N2O2. The van der Waals surface area contributed by atoms with Crippen LogP contribution >= 0.6 is 0 Å². The average molecular weight is 436 g/mol. The van der Waals surface area contributed by atoms with Crippen molar-refractivity contribution in [1.82, 2.24) is 9.88 Å². The number of benzene rings is 3. The molecule has 1 heterocycles. The van der Waals surface area contributed by atoms with Gasteiger partial charge >= 0.3 is 6.18 Å². The fraction of sp³-hybridized carbons (Fsp3) is 0.120. The summed E-state index contributed by atoms with van der Waals surface area (Å²) in [5.74, 6) is -0.555. The molecule has 0 saturated carbocycles. The van der Waals surface area contributed by atoms with E-state index in [2.05, 4.69) is 5.32 Å². The Morgan fingerprint density at radius 2 is 1.53 bits per heavy atom. The fourth-order valence-electron chi connectivity index (χ4n) is 3.84. The molecule has 7 heteroatoms. The second-order valence-corrected chi connectivity index (χ2v) is 7.33. The lowest BCUT2D eigenvalue weighted by Gasteiger charge is -2.19. The second kappa shape index (κ2) is 8.34. The van der Waals surface area contributed by atoms with Crippen LogP contribution in [0.4, 0.5) is 13.2 Å². The molecule has 1 N–H and O–H groups in total. The van der Waals surface area contributed by atoms with E-state index < -0.39 is 28.6 Å². The Balaban J connectivity index is 1.97. The first-order valence-corrected chi connectivity index (χ1v) is 9.92. The first kappa shape index (κ1) is 21.4. The zero-order valence-electron chi connectivity index (χ0n) is 17.1. The summed E-state index contributed by atoms with van der Waals surface area (Å²) in [4.78, 5) is 26.5. The number of halogens is 3. The van der Waals surface area contributed by atoms with Crippen LogP contribution in [0.1, 0.15) is 27.2 Å². The van der Waals surface area contributed by atoms with Gasteiger partial charge in [0.2, 0.25) is 0 Å². The number of alkyl halides is 3. The average Bonchev–Trinajstić information content (AvgIpc) is 2.78. The van der Waals surface area contributed by atoms with Crippen molar-refractivity contribution in [2.24, 2.45) is 0 Å². The fourth-order valence-corrected chi connectivity index (χ4v) is 3.84. The molecule has 1 amide bonds. The minimum Gasteiger partial charge on any atom is -0.348 e. The Bertz CT molecular complexity index is 1350. The maximum absolute atomic E-state index is 13.8. The van der Waals surface area contributed by atoms with Gasteiger partial charge in [-0.3, -0.25) is 14.2 Å². The summed E-state index contributed by atoms with van der Waals surface area (Å²) in [5, 5.41) is 2.21. The number of amides is 1. The molecular weight excluding hydrogens is 417 g/mol. The number of fused-ring (bicyclic) bond motifs is 1. The van der Waals surface area contributed by atoms with Crippen molar-refractivity contribution in [3.8, 4) is 5.69 Å². The van der Waals surface area contributed by atoms with Crippen LogP contribution in [0.15, 0.2) is 83.7 Å². The van der Waals surface area contributed by atoms with E-state index in [9.17, 15) is 22.8 Å². The molecule has 4 nitrogen and oxygen atoms in total. The lowest BCUT2D eigenvalue weighted by molar-refractivity contribution is -0.136. The van der Waals surface area contributed by atoms with Gasteiger partial charge in [-0.05, 0) is 30.7 Å². The number of nitrogens with one attached hydrogen (secondary N) is 1. The maximum Gasteiger partial charge on any atom is 0.417 e. The number of carbonyl (C=O) groups excluding carboxylic acids is 1. The number of para-hydroxylation sites is 1. The van der Waals surface area contributed by atoms with Gasteiger partial charge in [0.25, 0.3) is 11.5 Å². The molecule has 0 unspecified atom stereocenters. The highest BCUT2D eigenvalue weighted by atomic mass is 19.4. The minimum atomic E-state index is -4.75. The van der Waals surface area contributed by atoms with E-state index in [1.54, 1.807) is 37.3 Å². The van der Waals surface area contributed by atoms with E-state index in [1.165, 1.54) is 12.1 Å². The van der Waals surface area contributed by atoms with E-state index in [0.717, 1.165) is 16.2 Å². The summed E-state index contributed by atoms with van der Waals surface area (Å²) < 4.78 is 42.5. The van der Waals surface area contributed by atoms with Gasteiger partial charge in [-0.25, -0.2) is 0 Å². The van der Waals surface area contributed by atoms with Crippen molar-refractivity contribution in [3.63, 3.8) is 0 Å². The molecule has 0 fully saturated rings. The van der Waals surface area contributed by atoms with Crippen LogP contribution < -0.4 is 10.9 Å². The predicted molar refractivity (Wildman–Crippen MR) is 117 cm³/mol. The van der Waals surface area contributed by atoms with Crippen LogP contribution in [-0.2, 0) is 12.7 Å². The molecule has 0 radical (unpaired) electrons. The highest BCUT2D eigenvalue weighted by Gasteiger charge is 2.35. The molecule has 0 spiro atoms. The first-order valence-electron chi connectivity index (χ1n) is 9.92. The molecule has 0 bridgehead atoms. The smallest absolute Gasteiger partial charge is 0.348 e. The highest BCUT2D eigenvalue weighted by Crippen LogP contribution is 2.35. The van der Waals surface area contributed by atoms with Crippen molar-refractivity contribution in [2.75, 3.05) is 0 Å². The van der Waals surface area contributed by atoms with Gasteiger partial charge in [-0.15, -0.1) is 0 Å². The topological polar surface area (TPSA) is 51.1 Å². The molecule has 0 aliphatic carbocycles. The number of rotatable bonds is 4. The van der Waals surface area contributed by atoms with Crippen molar-refractivity contribution in [3.05, 3.63) is 112 Å². The van der Waals surface area contributed by atoms with Crippen LogP contribution in [0.2, 0.25) is 0 Å². The molecule has 0 atom stereocenters. The molecule has 32 heavy (non-hydrogen) atoms. The summed E-state index contributed by atoms with van der Waals surface area (Å²) >= 11 is 0. The number of pyridine rings is 1. The van der Waals surface area contributed by atoms with Crippen LogP contribution in [0.5, 0.6) is 0 Å². The number of nitrogens with zero attached hydrogens (tertiary/aromatic N) is 1. The van der Waals surface area contributed by atoms with Gasteiger partial charge in [-0.1, -0.05) is 60.7 Å². The summed E-state index contributed by atoms with van der Waals surface area (Å²) in [7, 11) is 0. The first-order chi connectivity index (χ1) is 15.3. The number of hydrogen-bond donors (Lipinski definition) is 1. The van der Waals surface area contributed by atoms with Crippen molar-refractivity contribution < 1.29 is 18.0 Å². The monoisotopic (exact) mass is 436 g/mol. The van der Waals surface area contributed by atoms with Gasteiger partial charge in [0.15, 0.2) is 0 Å². The highest BCUT2D eigenvalue weighted by molar-refractivity contribution is 6.08. The van der Waals surface area contributed by atoms with Gasteiger partial charge in [0.05, 0.1) is 16.5 Å². The molecule has 3 aromatic carbocycles. The van der Waals surface area contributed by atoms with E-state index >= 15 is 0 Å². The third-order valence-corrected chi connectivity index (χ3v) is 5.29. The molecule has 0 aliphatic rings. The summed E-state index contributed by atoms with van der Waals surface area (Å²) in [6, 6.07) is 20.9. The van der Waals surface area contributed by atoms with Crippen molar-refractivity contribution in [2.45, 2.75) is 19.6 Å². The SMILES string of the molecule is Cc1c(C(=O)NCc2ccccc2)c2cccc(C(F)(F)F)c2c(=O)n1-c1ccccc1. The standard InChI is InChI=1S/C25H19F3N2O2/c1-16-21(23(31)29-15-17-9-4-2-5-10-17)19-13-8-14-20(25(26,27)28)22(19)24(32)30(16)18-11-6-3-7-12-18/h2-14H,15H2,1H3,(H,29,31). The Labute approximate surface area is 181 Å². The Kier molecular flexibility index (Phi) is 5.57. The quantitative estimate of drug-likeness (QED) is 0.475. The van der Waals surface area contributed by atoms with Crippen molar-refractivity contribution >= 4 is 16.7 Å². The predicted octanol–water partition coefficient (Wildman–Crippen LogP) is 5.25. The Morgan fingerprint density at radius 1 is 0.906 bits per heavy atom. The Hall–Kier alpha value is -3.87. The van der Waals surface area contributed by atoms with Crippen LogP contribution in [-0.4, -0.2) is 10.5 Å². The molecule has 1 aromatic heterocycles. The molecule has 4 aromatic rings. The lowest BCUT2D eigenvalue weighted by atomic mass is 9.98. The molecule has 162 valence electrons. The van der Waals surface area contributed by atoms with Gasteiger partial charge in [0, 0.05) is 23.3 Å². The van der Waals surface area contributed by atoms with Crippen LogP contribution in [0, 0.1) is 6.92 Å². The van der Waals surface area contributed by atoms with Crippen LogP contribution in [0.25, 0.3) is 16.5 Å². The summed E-state index contributed by atoms with van der Waals surface area (Å²) in [5.41, 5.74) is -0.372. The van der Waals surface area contributed by atoms with Gasteiger partial charge < -0.3 is 5.32 Å². The lowest BCUT2D eigenvalue weighted by Crippen LogP contribution is -2.30. The third kappa shape index (κ3) is 3.89. The number of hydrogen-bond acceptors (Lipinski definition) is 2. The molecule has 0 aliphatic heterocycles. The van der Waals surface area contributed by atoms with E-state index in [0.29, 0.717) is 5.69 Å². The minimum absolute atomic E-state index is 0.0277. The Morgan fingerprint density at radius 3 is 2.16 bits per heavy atom. The van der Waals surface area contributed by atoms with E-state index in [1.807, 2.05) is 30.3 Å². The van der Waals surface area contributed by atoms with E-state index in [4.69, 9.17) is 0 Å². The maximum atomic E-state index is 13.8. The summed E-state index contributed by atoms with van der Waals surface area (Å²) in [6.45, 7) is 1.76. The molecule has 4 rings (SSSR count). The van der Waals surface area contributed by atoms with E-state index in [-0.39, 0.29) is 23.2 Å². The zero-order valence-corrected chi connectivity index (χ0v) is 17.1. The second-order valence-electron chi connectivity index (χ2n) is 7.33. The van der Waals surface area contributed by atoms with Gasteiger partial charge in [0.1, 0.15) is 0 Å². The normalized spacial score (nSPS) is 11.5. The largest absolute Gasteiger partial charge is 0.417 e. The zero-order chi connectivity index (χ0) is 22.9. The van der Waals surface area contributed by atoms with Crippen molar-refractivity contribution in [1.29, 1.82) is 0 Å². The number of aromatic nitrogens is 1. The summed E-state index contributed by atoms with van der Waals surface area (Å²) in [6.07, 6.45) is -4.75. The molecule has 0 saturated heterocycles. The van der Waals surface area contributed by atoms with Gasteiger partial charge in [-0.2, -0.15) is 13.2 Å². The van der Waals surface area contributed by atoms with Crippen LogP contribution in [0.3, 0.4) is 0 Å².